The van der Waals surface area contributed by atoms with Gasteiger partial charge in [0.1, 0.15) is 5.82 Å². The van der Waals surface area contributed by atoms with Gasteiger partial charge < -0.3 is 14.4 Å². The number of rotatable bonds is 4. The molecule has 150 valence electrons. The van der Waals surface area contributed by atoms with Crippen LogP contribution in [0.15, 0.2) is 48.5 Å². The summed E-state index contributed by atoms with van der Waals surface area (Å²) >= 11 is 0. The molecule has 0 spiro atoms. The first-order chi connectivity index (χ1) is 14.0. The predicted octanol–water partition coefficient (Wildman–Crippen LogP) is 2.74. The largest absolute Gasteiger partial charge is 0.449 e. The molecule has 3 aromatic rings. The number of para-hydroxylation sites is 1. The van der Waals surface area contributed by atoms with E-state index >= 15 is 0 Å². The first kappa shape index (κ1) is 19.1. The smallest absolute Gasteiger partial charge is 0.338 e. The van der Waals surface area contributed by atoms with Crippen LogP contribution in [0.1, 0.15) is 23.1 Å². The third-order valence-corrected chi connectivity index (χ3v) is 5.03. The van der Waals surface area contributed by atoms with E-state index in [2.05, 4.69) is 4.98 Å². The Morgan fingerprint density at radius 2 is 1.83 bits per heavy atom. The zero-order valence-electron chi connectivity index (χ0n) is 16.5. The van der Waals surface area contributed by atoms with Crippen LogP contribution in [0.3, 0.4) is 0 Å². The van der Waals surface area contributed by atoms with Crippen LogP contribution < -0.4 is 0 Å². The fraction of sp³-hybridized carbons (Fsp3) is 0.318. The molecule has 0 radical (unpaired) electrons. The van der Waals surface area contributed by atoms with Gasteiger partial charge in [-0.1, -0.05) is 18.2 Å². The Bertz CT molecular complexity index is 1040. The Labute approximate surface area is 168 Å². The van der Waals surface area contributed by atoms with Gasteiger partial charge in [-0.3, -0.25) is 9.36 Å². The standard InChI is InChI=1S/C22H23N3O4/c1-15(21(26)24-10-12-28-13-11-24)29-22(27)17-8-9-20-19(14-17)23-16(2)25(20)18-6-4-3-5-7-18/h3-9,14-15H,10-13H2,1-2H3. The Morgan fingerprint density at radius 1 is 1.10 bits per heavy atom. The lowest BCUT2D eigenvalue weighted by atomic mass is 10.2. The fourth-order valence-electron chi connectivity index (χ4n) is 3.55. The zero-order chi connectivity index (χ0) is 20.4. The van der Waals surface area contributed by atoms with Crippen molar-refractivity contribution in [2.24, 2.45) is 0 Å². The molecule has 1 aliphatic rings. The minimum absolute atomic E-state index is 0.202. The lowest BCUT2D eigenvalue weighted by molar-refractivity contribution is -0.143. The molecule has 7 heteroatoms. The molecule has 1 saturated heterocycles. The number of hydrogen-bond donors (Lipinski definition) is 0. The number of hydrogen-bond acceptors (Lipinski definition) is 5. The van der Waals surface area contributed by atoms with Gasteiger partial charge in [0.05, 0.1) is 29.8 Å². The van der Waals surface area contributed by atoms with Crippen LogP contribution in [0.2, 0.25) is 0 Å². The SMILES string of the molecule is Cc1nc2cc(C(=O)OC(C)C(=O)N3CCOCC3)ccc2n1-c1ccccc1. The number of carbonyl (C=O) groups excluding carboxylic acids is 2. The van der Waals surface area contributed by atoms with Crippen LogP contribution in [-0.2, 0) is 14.3 Å². The van der Waals surface area contributed by atoms with Gasteiger partial charge in [0.25, 0.3) is 5.91 Å². The molecule has 1 unspecified atom stereocenters. The Hall–Kier alpha value is -3.19. The highest BCUT2D eigenvalue weighted by molar-refractivity contribution is 5.95. The van der Waals surface area contributed by atoms with E-state index < -0.39 is 12.1 Å². The summed E-state index contributed by atoms with van der Waals surface area (Å²) in [6, 6.07) is 15.2. The van der Waals surface area contributed by atoms with E-state index in [1.807, 2.05) is 47.9 Å². The van der Waals surface area contributed by atoms with E-state index in [0.29, 0.717) is 37.4 Å². The number of nitrogens with zero attached hydrogens (tertiary/aromatic N) is 3. The average Bonchev–Trinajstić information content (AvgIpc) is 3.09. The van der Waals surface area contributed by atoms with Crippen LogP contribution in [-0.4, -0.2) is 58.7 Å². The van der Waals surface area contributed by atoms with Gasteiger partial charge in [0, 0.05) is 18.8 Å². The fourth-order valence-corrected chi connectivity index (χ4v) is 3.55. The number of amides is 1. The summed E-state index contributed by atoms with van der Waals surface area (Å²) in [6.07, 6.45) is -0.847. The maximum atomic E-state index is 12.6. The number of fused-ring (bicyclic) bond motifs is 1. The first-order valence-electron chi connectivity index (χ1n) is 9.66. The lowest BCUT2D eigenvalue weighted by Crippen LogP contribution is -2.46. The summed E-state index contributed by atoms with van der Waals surface area (Å²) in [5, 5.41) is 0. The minimum Gasteiger partial charge on any atom is -0.449 e. The van der Waals surface area contributed by atoms with Crippen molar-refractivity contribution in [3.05, 3.63) is 59.9 Å². The molecule has 2 aromatic carbocycles. The van der Waals surface area contributed by atoms with Crippen LogP contribution in [0.25, 0.3) is 16.7 Å². The Balaban J connectivity index is 1.53. The molecule has 4 rings (SSSR count). The van der Waals surface area contributed by atoms with Crippen molar-refractivity contribution >= 4 is 22.9 Å². The number of esters is 1. The predicted molar refractivity (Wildman–Crippen MR) is 108 cm³/mol. The van der Waals surface area contributed by atoms with Crippen molar-refractivity contribution < 1.29 is 19.1 Å². The van der Waals surface area contributed by atoms with Gasteiger partial charge >= 0.3 is 5.97 Å². The van der Waals surface area contributed by atoms with Crippen LogP contribution in [0, 0.1) is 6.92 Å². The molecule has 1 atom stereocenters. The maximum Gasteiger partial charge on any atom is 0.338 e. The normalized spacial score (nSPS) is 15.3. The highest BCUT2D eigenvalue weighted by Crippen LogP contribution is 2.23. The second kappa shape index (κ2) is 8.05. The average molecular weight is 393 g/mol. The van der Waals surface area contributed by atoms with E-state index in [1.165, 1.54) is 0 Å². The topological polar surface area (TPSA) is 73.7 Å². The molecular weight excluding hydrogens is 370 g/mol. The summed E-state index contributed by atoms with van der Waals surface area (Å²) < 4.78 is 12.7. The lowest BCUT2D eigenvalue weighted by Gasteiger charge is -2.28. The van der Waals surface area contributed by atoms with Crippen LogP contribution in [0.5, 0.6) is 0 Å². The van der Waals surface area contributed by atoms with Crippen molar-refractivity contribution in [2.45, 2.75) is 20.0 Å². The van der Waals surface area contributed by atoms with Gasteiger partial charge in [0.2, 0.25) is 0 Å². The zero-order valence-corrected chi connectivity index (χ0v) is 16.5. The van der Waals surface area contributed by atoms with Crippen molar-refractivity contribution in [3.63, 3.8) is 0 Å². The van der Waals surface area contributed by atoms with Crippen LogP contribution in [0.4, 0.5) is 0 Å². The number of aryl methyl sites for hydroxylation is 1. The molecule has 0 saturated carbocycles. The molecule has 0 aliphatic carbocycles. The highest BCUT2D eigenvalue weighted by atomic mass is 16.5. The molecule has 7 nitrogen and oxygen atoms in total. The summed E-state index contributed by atoms with van der Waals surface area (Å²) in [4.78, 5) is 31.3. The number of morpholine rings is 1. The molecule has 1 amide bonds. The summed E-state index contributed by atoms with van der Waals surface area (Å²) in [6.45, 7) is 5.57. The maximum absolute atomic E-state index is 12.6. The van der Waals surface area contributed by atoms with E-state index in [9.17, 15) is 9.59 Å². The number of benzene rings is 2. The minimum atomic E-state index is -0.847. The second-order valence-corrected chi connectivity index (χ2v) is 7.02. The van der Waals surface area contributed by atoms with Gasteiger partial charge in [-0.15, -0.1) is 0 Å². The molecule has 1 aliphatic heterocycles. The summed E-state index contributed by atoms with van der Waals surface area (Å²) in [5.41, 5.74) is 2.99. The van der Waals surface area contributed by atoms with Crippen molar-refractivity contribution in [2.75, 3.05) is 26.3 Å². The summed E-state index contributed by atoms with van der Waals surface area (Å²) in [5.74, 6) is 0.0902. The molecule has 2 heterocycles. The molecule has 29 heavy (non-hydrogen) atoms. The first-order valence-corrected chi connectivity index (χ1v) is 9.66. The van der Waals surface area contributed by atoms with Gasteiger partial charge in [-0.25, -0.2) is 9.78 Å². The molecule has 1 fully saturated rings. The van der Waals surface area contributed by atoms with Gasteiger partial charge in [-0.2, -0.15) is 0 Å². The van der Waals surface area contributed by atoms with E-state index in [0.717, 1.165) is 17.0 Å². The summed E-state index contributed by atoms with van der Waals surface area (Å²) in [7, 11) is 0. The van der Waals surface area contributed by atoms with Crippen LogP contribution >= 0.6 is 0 Å². The third kappa shape index (κ3) is 3.86. The monoisotopic (exact) mass is 393 g/mol. The highest BCUT2D eigenvalue weighted by Gasteiger charge is 2.26. The van der Waals surface area contributed by atoms with E-state index in [4.69, 9.17) is 9.47 Å². The molecule has 1 aromatic heterocycles. The van der Waals surface area contributed by atoms with E-state index in [1.54, 1.807) is 24.0 Å². The Morgan fingerprint density at radius 3 is 2.55 bits per heavy atom. The number of imidazole rings is 1. The van der Waals surface area contributed by atoms with Gasteiger partial charge in [0.15, 0.2) is 6.10 Å². The molecule has 0 N–H and O–H groups in total. The van der Waals surface area contributed by atoms with Crippen molar-refractivity contribution in [1.29, 1.82) is 0 Å². The molecular formula is C22H23N3O4. The molecule has 0 bridgehead atoms. The number of ether oxygens (including phenoxy) is 2. The van der Waals surface area contributed by atoms with Crippen molar-refractivity contribution in [3.8, 4) is 5.69 Å². The third-order valence-electron chi connectivity index (χ3n) is 5.03. The van der Waals surface area contributed by atoms with Gasteiger partial charge in [-0.05, 0) is 44.2 Å². The second-order valence-electron chi connectivity index (χ2n) is 7.02. The number of carbonyl (C=O) groups is 2. The number of aromatic nitrogens is 2. The Kier molecular flexibility index (Phi) is 5.31. The quantitative estimate of drug-likeness (QED) is 0.637. The van der Waals surface area contributed by atoms with E-state index in [-0.39, 0.29) is 5.91 Å². The van der Waals surface area contributed by atoms with Crippen molar-refractivity contribution in [1.82, 2.24) is 14.5 Å².